The van der Waals surface area contributed by atoms with E-state index in [2.05, 4.69) is 46.6 Å². The fourth-order valence-electron chi connectivity index (χ4n) is 4.96. The second-order valence-corrected chi connectivity index (χ2v) is 9.30. The van der Waals surface area contributed by atoms with Crippen molar-refractivity contribution in [1.29, 1.82) is 0 Å². The third-order valence-electron chi connectivity index (χ3n) is 6.72. The van der Waals surface area contributed by atoms with E-state index in [-0.39, 0.29) is 23.6 Å². The van der Waals surface area contributed by atoms with Crippen molar-refractivity contribution in [2.24, 2.45) is 0 Å². The van der Waals surface area contributed by atoms with E-state index in [0.29, 0.717) is 18.8 Å². The molecule has 4 rings (SSSR count). The summed E-state index contributed by atoms with van der Waals surface area (Å²) in [5.41, 5.74) is 5.46. The average Bonchev–Trinajstić information content (AvgIpc) is 2.87. The number of carbonyl (C=O) groups is 3. The van der Waals surface area contributed by atoms with E-state index in [1.165, 1.54) is 29.9 Å². The van der Waals surface area contributed by atoms with Crippen molar-refractivity contribution in [2.75, 3.05) is 24.5 Å². The number of fused-ring (bicyclic) bond motifs is 1. The van der Waals surface area contributed by atoms with Crippen molar-refractivity contribution in [3.05, 3.63) is 101 Å². The van der Waals surface area contributed by atoms with E-state index in [9.17, 15) is 14.4 Å². The first-order valence-electron chi connectivity index (χ1n) is 12.4. The first kappa shape index (κ1) is 25.3. The molecule has 3 amide bonds. The summed E-state index contributed by atoms with van der Waals surface area (Å²) in [7, 11) is 0. The van der Waals surface area contributed by atoms with E-state index >= 15 is 0 Å². The number of amides is 3. The number of anilines is 1. The molecule has 0 saturated carbocycles. The highest BCUT2D eigenvalue weighted by molar-refractivity contribution is 6.13. The summed E-state index contributed by atoms with van der Waals surface area (Å²) >= 11 is 0. The molecule has 1 unspecified atom stereocenters. The van der Waals surface area contributed by atoms with E-state index in [4.69, 9.17) is 0 Å². The van der Waals surface area contributed by atoms with E-state index in [1.807, 2.05) is 30.3 Å². The van der Waals surface area contributed by atoms with Crippen LogP contribution in [-0.4, -0.2) is 42.3 Å². The molecule has 0 aliphatic carbocycles. The Labute approximate surface area is 212 Å². The van der Waals surface area contributed by atoms with Gasteiger partial charge in [-0.25, -0.2) is 0 Å². The maximum absolute atomic E-state index is 12.7. The lowest BCUT2D eigenvalue weighted by molar-refractivity contribution is -0.124. The Morgan fingerprint density at radius 1 is 0.833 bits per heavy atom. The van der Waals surface area contributed by atoms with Crippen LogP contribution >= 0.6 is 0 Å². The minimum Gasteiger partial charge on any atom is -0.355 e. The monoisotopic (exact) mass is 483 g/mol. The standard InChI is InChI=1S/C30H33N3O3/c1-22(34)33(23(2)35)28-14-12-26(13-15-28)29(25-9-4-3-5-10-25)16-18-31-30(36)21-32-19-17-24-8-6-7-11-27(24)20-32/h3-15,29H,16-21H2,1-2H3,(H,31,36). The largest absolute Gasteiger partial charge is 0.355 e. The maximum atomic E-state index is 12.7. The van der Waals surface area contributed by atoms with Gasteiger partial charge < -0.3 is 5.32 Å². The van der Waals surface area contributed by atoms with Crippen LogP contribution in [0.1, 0.15) is 48.4 Å². The van der Waals surface area contributed by atoms with E-state index in [0.717, 1.165) is 37.1 Å². The predicted molar refractivity (Wildman–Crippen MR) is 142 cm³/mol. The molecule has 1 atom stereocenters. The zero-order valence-corrected chi connectivity index (χ0v) is 20.9. The first-order valence-corrected chi connectivity index (χ1v) is 12.4. The number of imide groups is 1. The molecule has 186 valence electrons. The number of nitrogens with zero attached hydrogens (tertiary/aromatic N) is 2. The lowest BCUT2D eigenvalue weighted by atomic mass is 9.88. The Hall–Kier alpha value is -3.77. The molecule has 0 saturated heterocycles. The highest BCUT2D eigenvalue weighted by atomic mass is 16.2. The lowest BCUT2D eigenvalue weighted by Gasteiger charge is -2.28. The van der Waals surface area contributed by atoms with Gasteiger partial charge in [0.25, 0.3) is 0 Å². The van der Waals surface area contributed by atoms with Gasteiger partial charge in [0.2, 0.25) is 17.7 Å². The summed E-state index contributed by atoms with van der Waals surface area (Å²) in [5.74, 6) is -0.509. The van der Waals surface area contributed by atoms with Crippen LogP contribution in [0.25, 0.3) is 0 Å². The lowest BCUT2D eigenvalue weighted by Crippen LogP contribution is -2.40. The molecular weight excluding hydrogens is 450 g/mol. The number of hydrogen-bond donors (Lipinski definition) is 1. The molecule has 1 heterocycles. The maximum Gasteiger partial charge on any atom is 0.234 e. The van der Waals surface area contributed by atoms with Crippen LogP contribution < -0.4 is 10.2 Å². The third kappa shape index (κ3) is 6.26. The highest BCUT2D eigenvalue weighted by Gasteiger charge is 2.20. The molecule has 6 nitrogen and oxygen atoms in total. The number of carbonyl (C=O) groups excluding carboxylic acids is 3. The molecule has 0 bridgehead atoms. The average molecular weight is 484 g/mol. The second-order valence-electron chi connectivity index (χ2n) is 9.30. The van der Waals surface area contributed by atoms with Crippen LogP contribution in [0.15, 0.2) is 78.9 Å². The molecular formula is C30H33N3O3. The van der Waals surface area contributed by atoms with Gasteiger partial charge in [0.05, 0.1) is 12.2 Å². The zero-order chi connectivity index (χ0) is 25.5. The SMILES string of the molecule is CC(=O)N(C(C)=O)c1ccc(C(CCNC(=O)CN2CCc3ccccc3C2)c2ccccc2)cc1. The van der Waals surface area contributed by atoms with Crippen molar-refractivity contribution < 1.29 is 14.4 Å². The Bertz CT molecular complexity index is 1190. The van der Waals surface area contributed by atoms with Gasteiger partial charge in [-0.2, -0.15) is 0 Å². The molecule has 0 fully saturated rings. The smallest absolute Gasteiger partial charge is 0.234 e. The van der Waals surface area contributed by atoms with Crippen molar-refractivity contribution in [1.82, 2.24) is 10.2 Å². The number of rotatable bonds is 8. The summed E-state index contributed by atoms with van der Waals surface area (Å²) in [6.45, 7) is 5.41. The molecule has 36 heavy (non-hydrogen) atoms. The van der Waals surface area contributed by atoms with E-state index in [1.54, 1.807) is 12.1 Å². The summed E-state index contributed by atoms with van der Waals surface area (Å²) in [5, 5.41) is 3.11. The van der Waals surface area contributed by atoms with Gasteiger partial charge in [-0.1, -0.05) is 66.7 Å². The van der Waals surface area contributed by atoms with Crippen LogP contribution in [0, 0.1) is 0 Å². The Balaban J connectivity index is 1.39. The van der Waals surface area contributed by atoms with Crippen molar-refractivity contribution in [3.8, 4) is 0 Å². The van der Waals surface area contributed by atoms with E-state index < -0.39 is 0 Å². The van der Waals surface area contributed by atoms with Gasteiger partial charge >= 0.3 is 0 Å². The molecule has 0 aromatic heterocycles. The second kappa shape index (κ2) is 11.8. The van der Waals surface area contributed by atoms with Crippen LogP contribution in [0.3, 0.4) is 0 Å². The van der Waals surface area contributed by atoms with Gasteiger partial charge in [0, 0.05) is 39.4 Å². The highest BCUT2D eigenvalue weighted by Crippen LogP contribution is 2.29. The van der Waals surface area contributed by atoms with Crippen LogP contribution in [0.2, 0.25) is 0 Å². The summed E-state index contributed by atoms with van der Waals surface area (Å²) in [6.07, 6.45) is 1.71. The van der Waals surface area contributed by atoms with Crippen molar-refractivity contribution >= 4 is 23.4 Å². The fraction of sp³-hybridized carbons (Fsp3) is 0.300. The summed E-state index contributed by atoms with van der Waals surface area (Å²) < 4.78 is 0. The number of benzene rings is 3. The molecule has 1 N–H and O–H groups in total. The minimum atomic E-state index is -0.310. The topological polar surface area (TPSA) is 69.7 Å². The van der Waals surface area contributed by atoms with Crippen molar-refractivity contribution in [3.63, 3.8) is 0 Å². The molecule has 1 aliphatic heterocycles. The molecule has 0 spiro atoms. The van der Waals surface area contributed by atoms with Gasteiger partial charge in [0.1, 0.15) is 0 Å². The van der Waals surface area contributed by atoms with Crippen molar-refractivity contribution in [2.45, 2.75) is 39.2 Å². The Kier molecular flexibility index (Phi) is 8.28. The van der Waals surface area contributed by atoms with Gasteiger partial charge in [-0.15, -0.1) is 0 Å². The third-order valence-corrected chi connectivity index (χ3v) is 6.72. The van der Waals surface area contributed by atoms with Crippen LogP contribution in [0.4, 0.5) is 5.69 Å². The van der Waals surface area contributed by atoms with Crippen LogP contribution in [0.5, 0.6) is 0 Å². The minimum absolute atomic E-state index is 0.0371. The molecule has 1 aliphatic rings. The number of nitrogens with one attached hydrogen (secondary N) is 1. The quantitative estimate of drug-likeness (QED) is 0.519. The molecule has 3 aromatic rings. The summed E-state index contributed by atoms with van der Waals surface area (Å²) in [6, 6.07) is 26.1. The fourth-order valence-corrected chi connectivity index (χ4v) is 4.96. The normalized spacial score (nSPS) is 13.9. The first-order chi connectivity index (χ1) is 17.4. The Morgan fingerprint density at radius 2 is 1.44 bits per heavy atom. The Morgan fingerprint density at radius 3 is 2.11 bits per heavy atom. The predicted octanol–water partition coefficient (Wildman–Crippen LogP) is 4.28. The molecule has 3 aromatic carbocycles. The van der Waals surface area contributed by atoms with Gasteiger partial charge in [-0.05, 0) is 47.2 Å². The number of hydrogen-bond acceptors (Lipinski definition) is 4. The zero-order valence-electron chi connectivity index (χ0n) is 20.9. The summed E-state index contributed by atoms with van der Waals surface area (Å²) in [4.78, 5) is 39.9. The van der Waals surface area contributed by atoms with Crippen LogP contribution in [-0.2, 0) is 27.3 Å². The van der Waals surface area contributed by atoms with Gasteiger partial charge in [-0.3, -0.25) is 24.2 Å². The molecule has 0 radical (unpaired) electrons. The van der Waals surface area contributed by atoms with Gasteiger partial charge in [0.15, 0.2) is 0 Å². The molecule has 6 heteroatoms.